The smallest absolute Gasteiger partial charge is 0.124 e. The molecule has 3 heterocycles. The summed E-state index contributed by atoms with van der Waals surface area (Å²) < 4.78 is 14.2. The second kappa shape index (κ2) is 7.03. The van der Waals surface area contributed by atoms with Gasteiger partial charge in [-0.25, -0.2) is 4.39 Å². The largest absolute Gasteiger partial charge is 0.385 e. The van der Waals surface area contributed by atoms with Crippen molar-refractivity contribution in [1.82, 2.24) is 10.3 Å². The van der Waals surface area contributed by atoms with Gasteiger partial charge in [-0.2, -0.15) is 0 Å². The van der Waals surface area contributed by atoms with Crippen LogP contribution < -0.4 is 10.2 Å². The maximum atomic E-state index is 14.2. The minimum Gasteiger partial charge on any atom is -0.385 e. The SMILES string of the molecule is C=C(NCCc1ccncc1)C1=CN2c3c(cc(F)cc3C1=C)CCC2C. The number of nitrogens with one attached hydrogen (secondary N) is 1. The van der Waals surface area contributed by atoms with Crippen LogP contribution >= 0.6 is 0 Å². The lowest BCUT2D eigenvalue weighted by molar-refractivity contribution is 0.592. The van der Waals surface area contributed by atoms with Crippen molar-refractivity contribution < 1.29 is 4.39 Å². The molecule has 138 valence electrons. The number of rotatable bonds is 5. The molecule has 2 aliphatic heterocycles. The maximum absolute atomic E-state index is 14.2. The molecule has 0 bridgehead atoms. The zero-order valence-electron chi connectivity index (χ0n) is 15.6. The van der Waals surface area contributed by atoms with Crippen LogP contribution in [0.2, 0.25) is 0 Å². The molecule has 2 aromatic rings. The van der Waals surface area contributed by atoms with E-state index in [-0.39, 0.29) is 5.82 Å². The first-order valence-corrected chi connectivity index (χ1v) is 9.39. The third kappa shape index (κ3) is 3.27. The minimum atomic E-state index is -0.197. The number of aromatic nitrogens is 1. The predicted molar refractivity (Wildman–Crippen MR) is 109 cm³/mol. The van der Waals surface area contributed by atoms with E-state index in [9.17, 15) is 4.39 Å². The quantitative estimate of drug-likeness (QED) is 0.842. The summed E-state index contributed by atoms with van der Waals surface area (Å²) in [5, 5.41) is 3.40. The van der Waals surface area contributed by atoms with Gasteiger partial charge in [0.2, 0.25) is 0 Å². The fraction of sp³-hybridized carbons (Fsp3) is 0.261. The molecule has 0 amide bonds. The second-order valence-corrected chi connectivity index (χ2v) is 7.29. The number of benzene rings is 1. The summed E-state index contributed by atoms with van der Waals surface area (Å²) in [5.74, 6) is -0.197. The summed E-state index contributed by atoms with van der Waals surface area (Å²) in [7, 11) is 0. The predicted octanol–water partition coefficient (Wildman–Crippen LogP) is 4.62. The average molecular weight is 361 g/mol. The molecule has 27 heavy (non-hydrogen) atoms. The Balaban J connectivity index is 1.56. The molecule has 0 saturated carbocycles. The van der Waals surface area contributed by atoms with Gasteiger partial charge in [0.25, 0.3) is 0 Å². The summed E-state index contributed by atoms with van der Waals surface area (Å²) in [5.41, 5.74) is 6.88. The Morgan fingerprint density at radius 3 is 2.89 bits per heavy atom. The first kappa shape index (κ1) is 17.5. The molecule has 0 aliphatic carbocycles. The van der Waals surface area contributed by atoms with Gasteiger partial charge in [-0.05, 0) is 67.2 Å². The van der Waals surface area contributed by atoms with E-state index in [0.29, 0.717) is 6.04 Å². The van der Waals surface area contributed by atoms with Gasteiger partial charge < -0.3 is 10.2 Å². The number of nitrogens with zero attached hydrogens (tertiary/aromatic N) is 2. The highest BCUT2D eigenvalue weighted by molar-refractivity contribution is 5.93. The molecule has 1 aromatic heterocycles. The topological polar surface area (TPSA) is 28.2 Å². The van der Waals surface area contributed by atoms with E-state index in [1.807, 2.05) is 12.1 Å². The molecule has 2 aliphatic rings. The third-order valence-electron chi connectivity index (χ3n) is 5.46. The molecule has 0 spiro atoms. The third-order valence-corrected chi connectivity index (χ3v) is 5.46. The summed E-state index contributed by atoms with van der Waals surface area (Å²) in [6.45, 7) is 11.4. The molecule has 3 nitrogen and oxygen atoms in total. The maximum Gasteiger partial charge on any atom is 0.124 e. The Kier molecular flexibility index (Phi) is 4.56. The lowest BCUT2D eigenvalue weighted by Crippen LogP contribution is -2.36. The van der Waals surface area contributed by atoms with E-state index in [1.165, 1.54) is 5.56 Å². The lowest BCUT2D eigenvalue weighted by atomic mass is 9.85. The van der Waals surface area contributed by atoms with Crippen molar-refractivity contribution in [2.45, 2.75) is 32.2 Å². The number of hydrogen-bond donors (Lipinski definition) is 1. The number of halogens is 1. The summed E-state index contributed by atoms with van der Waals surface area (Å²) in [6, 6.07) is 7.66. The van der Waals surface area contributed by atoms with Crippen LogP contribution in [0.15, 0.2) is 67.3 Å². The van der Waals surface area contributed by atoms with Crippen molar-refractivity contribution in [3.05, 3.63) is 89.8 Å². The number of pyridine rings is 1. The van der Waals surface area contributed by atoms with Gasteiger partial charge in [0.05, 0.1) is 5.69 Å². The van der Waals surface area contributed by atoms with Crippen LogP contribution in [-0.2, 0) is 12.8 Å². The molecule has 0 saturated heterocycles. The fourth-order valence-electron chi connectivity index (χ4n) is 3.92. The zero-order chi connectivity index (χ0) is 19.0. The average Bonchev–Trinajstić information content (AvgIpc) is 2.66. The monoisotopic (exact) mass is 361 g/mol. The van der Waals surface area contributed by atoms with Crippen molar-refractivity contribution in [1.29, 1.82) is 0 Å². The van der Waals surface area contributed by atoms with Crippen molar-refractivity contribution in [3.63, 3.8) is 0 Å². The number of aryl methyl sites for hydroxylation is 1. The first-order valence-electron chi connectivity index (χ1n) is 9.39. The van der Waals surface area contributed by atoms with E-state index in [1.54, 1.807) is 24.5 Å². The highest BCUT2D eigenvalue weighted by Gasteiger charge is 2.31. The van der Waals surface area contributed by atoms with Gasteiger partial charge in [0.15, 0.2) is 0 Å². The highest BCUT2D eigenvalue weighted by Crippen LogP contribution is 2.44. The van der Waals surface area contributed by atoms with Crippen LogP contribution in [0.1, 0.15) is 30.0 Å². The molecular formula is C23H24FN3. The molecule has 1 atom stereocenters. The lowest BCUT2D eigenvalue weighted by Gasteiger charge is -2.40. The Morgan fingerprint density at radius 1 is 1.33 bits per heavy atom. The molecule has 1 aromatic carbocycles. The molecular weight excluding hydrogens is 337 g/mol. The highest BCUT2D eigenvalue weighted by atomic mass is 19.1. The van der Waals surface area contributed by atoms with E-state index in [4.69, 9.17) is 0 Å². The molecule has 1 N–H and O–H groups in total. The van der Waals surface area contributed by atoms with Gasteiger partial charge in [-0.1, -0.05) is 13.2 Å². The van der Waals surface area contributed by atoms with Gasteiger partial charge in [0, 0.05) is 48.0 Å². The van der Waals surface area contributed by atoms with Gasteiger partial charge in [-0.15, -0.1) is 0 Å². The Bertz CT molecular complexity index is 930. The van der Waals surface area contributed by atoms with Crippen molar-refractivity contribution >= 4 is 11.3 Å². The molecule has 0 radical (unpaired) electrons. The fourth-order valence-corrected chi connectivity index (χ4v) is 3.92. The Labute approximate surface area is 159 Å². The minimum absolute atomic E-state index is 0.197. The van der Waals surface area contributed by atoms with Gasteiger partial charge >= 0.3 is 0 Å². The first-order chi connectivity index (χ1) is 13.0. The number of allylic oxidation sites excluding steroid dienone is 1. The van der Waals surface area contributed by atoms with E-state index < -0.39 is 0 Å². The molecule has 4 rings (SSSR count). The normalized spacial score (nSPS) is 18.0. The zero-order valence-corrected chi connectivity index (χ0v) is 15.6. The summed E-state index contributed by atoms with van der Waals surface area (Å²) >= 11 is 0. The van der Waals surface area contributed by atoms with Gasteiger partial charge in [0.1, 0.15) is 5.82 Å². The second-order valence-electron chi connectivity index (χ2n) is 7.29. The van der Waals surface area contributed by atoms with E-state index >= 15 is 0 Å². The summed E-state index contributed by atoms with van der Waals surface area (Å²) in [4.78, 5) is 6.30. The van der Waals surface area contributed by atoms with Crippen LogP contribution in [0.4, 0.5) is 10.1 Å². The Morgan fingerprint density at radius 2 is 2.11 bits per heavy atom. The van der Waals surface area contributed by atoms with Crippen LogP contribution in [0, 0.1) is 5.82 Å². The number of anilines is 1. The molecule has 0 fully saturated rings. The van der Waals surface area contributed by atoms with E-state index in [2.05, 4.69) is 41.5 Å². The van der Waals surface area contributed by atoms with Crippen LogP contribution in [0.5, 0.6) is 0 Å². The van der Waals surface area contributed by atoms with Crippen LogP contribution in [0.25, 0.3) is 5.57 Å². The van der Waals surface area contributed by atoms with Crippen molar-refractivity contribution in [2.24, 2.45) is 0 Å². The van der Waals surface area contributed by atoms with Gasteiger partial charge in [-0.3, -0.25) is 4.98 Å². The van der Waals surface area contributed by atoms with Crippen LogP contribution in [0.3, 0.4) is 0 Å². The number of hydrogen-bond acceptors (Lipinski definition) is 3. The Hall–Kier alpha value is -2.88. The van der Waals surface area contributed by atoms with Crippen LogP contribution in [-0.4, -0.2) is 17.6 Å². The summed E-state index contributed by atoms with van der Waals surface area (Å²) in [6.07, 6.45) is 8.52. The molecule has 4 heteroatoms. The van der Waals surface area contributed by atoms with Crippen molar-refractivity contribution in [2.75, 3.05) is 11.4 Å². The van der Waals surface area contributed by atoms with Crippen molar-refractivity contribution in [3.8, 4) is 0 Å². The molecule has 1 unspecified atom stereocenters. The van der Waals surface area contributed by atoms with E-state index in [0.717, 1.165) is 59.5 Å². The standard InChI is InChI=1S/C23H24FN3/c1-15-4-5-19-12-20(24)13-21-16(2)22(14-27(15)23(19)21)17(3)26-11-8-18-6-9-25-10-7-18/h6-7,9-10,12-15,26H,2-5,8,11H2,1H3.